The number of aromatic amines is 2. The Hall–Kier alpha value is -4.42. The third kappa shape index (κ3) is 6.50. The number of nitriles is 1. The standard InChI is InChI=1S/C27H27ClF3N9O3/c28-20-12-16(1-2-18(20)26(43)40-7-5-39(6-8-40)25(42)14-9-15(33)10-14)36-24(41)23-34-13-17(35-23)11-19-21(3-4-32)37-38-22(19)27(29,30)31/h1-2,12-15H,3,5-11,33H2,(H,34,35)(H,36,41)(H,37,38). The number of hydrogen-bond donors (Lipinski definition) is 4. The van der Waals surface area contributed by atoms with Crippen LogP contribution in [0.3, 0.4) is 0 Å². The van der Waals surface area contributed by atoms with E-state index in [9.17, 15) is 27.6 Å². The third-order valence-electron chi connectivity index (χ3n) is 7.55. The predicted molar refractivity (Wildman–Crippen MR) is 147 cm³/mol. The Morgan fingerprint density at radius 1 is 1.16 bits per heavy atom. The first-order valence-electron chi connectivity index (χ1n) is 13.4. The summed E-state index contributed by atoms with van der Waals surface area (Å²) in [7, 11) is 0. The second-order valence-corrected chi connectivity index (χ2v) is 10.9. The van der Waals surface area contributed by atoms with E-state index >= 15 is 0 Å². The van der Waals surface area contributed by atoms with Crippen molar-refractivity contribution in [3.8, 4) is 6.07 Å². The number of benzene rings is 1. The number of nitrogens with one attached hydrogen (secondary N) is 3. The number of piperazine rings is 1. The van der Waals surface area contributed by atoms with Gasteiger partial charge in [0.15, 0.2) is 11.5 Å². The summed E-state index contributed by atoms with van der Waals surface area (Å²) in [5, 5.41) is 17.2. The molecule has 2 aliphatic rings. The van der Waals surface area contributed by atoms with E-state index in [0.29, 0.717) is 39.0 Å². The number of carbonyl (C=O) groups is 3. The Kier molecular flexibility index (Phi) is 8.43. The summed E-state index contributed by atoms with van der Waals surface area (Å²) in [5.41, 5.74) is 5.16. The van der Waals surface area contributed by atoms with Crippen LogP contribution in [0.5, 0.6) is 0 Å². The highest BCUT2D eigenvalue weighted by Gasteiger charge is 2.38. The van der Waals surface area contributed by atoms with E-state index in [2.05, 4.69) is 25.5 Å². The van der Waals surface area contributed by atoms with E-state index < -0.39 is 17.8 Å². The van der Waals surface area contributed by atoms with Crippen LogP contribution in [0.25, 0.3) is 0 Å². The van der Waals surface area contributed by atoms with Crippen molar-refractivity contribution in [3.05, 3.63) is 63.5 Å². The van der Waals surface area contributed by atoms with Crippen LogP contribution in [0, 0.1) is 17.2 Å². The average Bonchev–Trinajstić information content (AvgIpc) is 3.59. The second kappa shape index (κ2) is 12.1. The van der Waals surface area contributed by atoms with Crippen LogP contribution in [-0.2, 0) is 23.8 Å². The molecule has 3 amide bonds. The molecule has 16 heteroatoms. The Morgan fingerprint density at radius 3 is 2.49 bits per heavy atom. The molecule has 0 bridgehead atoms. The van der Waals surface area contributed by atoms with Gasteiger partial charge in [-0.15, -0.1) is 0 Å². The van der Waals surface area contributed by atoms with E-state index in [0.717, 1.165) is 0 Å². The highest BCUT2D eigenvalue weighted by Crippen LogP contribution is 2.33. The van der Waals surface area contributed by atoms with Gasteiger partial charge in [-0.3, -0.25) is 19.5 Å². The van der Waals surface area contributed by atoms with E-state index in [1.165, 1.54) is 24.4 Å². The van der Waals surface area contributed by atoms with Crippen molar-refractivity contribution >= 4 is 35.0 Å². The summed E-state index contributed by atoms with van der Waals surface area (Å²) >= 11 is 6.39. The number of alkyl halides is 3. The highest BCUT2D eigenvalue weighted by molar-refractivity contribution is 6.34. The molecule has 0 unspecified atom stereocenters. The van der Waals surface area contributed by atoms with Gasteiger partial charge in [0.25, 0.3) is 11.8 Å². The lowest BCUT2D eigenvalue weighted by Gasteiger charge is -2.40. The number of nitrogens with two attached hydrogens (primary N) is 1. The molecule has 1 saturated carbocycles. The van der Waals surface area contributed by atoms with Gasteiger partial charge in [0.1, 0.15) is 0 Å². The SMILES string of the molecule is N#CCc1[nH]nc(C(F)(F)F)c1Cc1cnc(C(=O)Nc2ccc(C(=O)N3CCN(C(=O)C4CC(N)C4)CC3)c(Cl)c2)[nH]1. The summed E-state index contributed by atoms with van der Waals surface area (Å²) in [5.74, 6) is -1.11. The smallest absolute Gasteiger partial charge is 0.339 e. The largest absolute Gasteiger partial charge is 0.435 e. The van der Waals surface area contributed by atoms with Crippen LogP contribution in [0.2, 0.25) is 5.02 Å². The molecule has 1 saturated heterocycles. The molecule has 3 heterocycles. The molecule has 3 aromatic rings. The molecule has 1 aliphatic carbocycles. The van der Waals surface area contributed by atoms with Crippen molar-refractivity contribution in [3.63, 3.8) is 0 Å². The molecular formula is C27H27ClF3N9O3. The fourth-order valence-electron chi connectivity index (χ4n) is 5.18. The van der Waals surface area contributed by atoms with Crippen molar-refractivity contribution in [2.75, 3.05) is 31.5 Å². The molecular weight excluding hydrogens is 591 g/mol. The first-order chi connectivity index (χ1) is 20.4. The van der Waals surface area contributed by atoms with Gasteiger partial charge in [-0.1, -0.05) is 11.6 Å². The monoisotopic (exact) mass is 617 g/mol. The average molecular weight is 618 g/mol. The molecule has 2 aromatic heterocycles. The molecule has 5 rings (SSSR count). The van der Waals surface area contributed by atoms with Crippen LogP contribution < -0.4 is 11.1 Å². The van der Waals surface area contributed by atoms with Gasteiger partial charge in [0, 0.05) is 67.7 Å². The van der Waals surface area contributed by atoms with Gasteiger partial charge in [-0.05, 0) is 31.0 Å². The summed E-state index contributed by atoms with van der Waals surface area (Å²) < 4.78 is 40.2. The van der Waals surface area contributed by atoms with Gasteiger partial charge in [0.05, 0.1) is 28.8 Å². The van der Waals surface area contributed by atoms with Gasteiger partial charge in [-0.25, -0.2) is 4.98 Å². The quantitative estimate of drug-likeness (QED) is 0.315. The fourth-order valence-corrected chi connectivity index (χ4v) is 5.45. The molecule has 5 N–H and O–H groups in total. The van der Waals surface area contributed by atoms with Crippen molar-refractivity contribution in [1.82, 2.24) is 30.0 Å². The predicted octanol–water partition coefficient (Wildman–Crippen LogP) is 2.74. The number of anilines is 1. The number of aromatic nitrogens is 4. The maximum atomic E-state index is 13.4. The van der Waals surface area contributed by atoms with Crippen LogP contribution in [0.4, 0.5) is 18.9 Å². The molecule has 0 radical (unpaired) electrons. The number of rotatable bonds is 7. The zero-order chi connectivity index (χ0) is 30.9. The Morgan fingerprint density at radius 2 is 1.86 bits per heavy atom. The number of hydrogen-bond acceptors (Lipinski definition) is 7. The minimum atomic E-state index is -4.73. The van der Waals surface area contributed by atoms with Gasteiger partial charge in [-0.2, -0.15) is 23.5 Å². The van der Waals surface area contributed by atoms with E-state index in [-0.39, 0.29) is 75.7 Å². The number of imidazole rings is 1. The number of nitrogens with zero attached hydrogens (tertiary/aromatic N) is 5. The lowest BCUT2D eigenvalue weighted by Crippen LogP contribution is -2.54. The Balaban J connectivity index is 1.19. The fraction of sp³-hybridized carbons (Fsp3) is 0.407. The second-order valence-electron chi connectivity index (χ2n) is 10.5. The van der Waals surface area contributed by atoms with E-state index in [1.54, 1.807) is 15.9 Å². The molecule has 2 fully saturated rings. The van der Waals surface area contributed by atoms with Crippen molar-refractivity contribution in [1.29, 1.82) is 5.26 Å². The van der Waals surface area contributed by atoms with Crippen LogP contribution in [-0.4, -0.2) is 79.9 Å². The van der Waals surface area contributed by atoms with E-state index in [1.807, 2.05) is 0 Å². The third-order valence-corrected chi connectivity index (χ3v) is 7.86. The van der Waals surface area contributed by atoms with Gasteiger partial charge >= 0.3 is 6.18 Å². The molecule has 0 atom stereocenters. The van der Waals surface area contributed by atoms with Crippen LogP contribution >= 0.6 is 11.6 Å². The first-order valence-corrected chi connectivity index (χ1v) is 13.8. The van der Waals surface area contributed by atoms with Crippen molar-refractivity contribution in [2.24, 2.45) is 11.7 Å². The molecule has 226 valence electrons. The number of amides is 3. The minimum Gasteiger partial charge on any atom is -0.339 e. The summed E-state index contributed by atoms with van der Waals surface area (Å²) in [6, 6.07) is 6.26. The molecule has 0 spiro atoms. The van der Waals surface area contributed by atoms with Crippen LogP contribution in [0.1, 0.15) is 56.5 Å². The molecule has 43 heavy (non-hydrogen) atoms. The summed E-state index contributed by atoms with van der Waals surface area (Å²) in [6.45, 7) is 1.57. The van der Waals surface area contributed by atoms with Gasteiger partial charge < -0.3 is 25.8 Å². The van der Waals surface area contributed by atoms with Gasteiger partial charge in [0.2, 0.25) is 5.91 Å². The molecule has 1 aromatic carbocycles. The Labute approximate surface area is 248 Å². The highest BCUT2D eigenvalue weighted by atomic mass is 35.5. The van der Waals surface area contributed by atoms with Crippen molar-refractivity contribution in [2.45, 2.75) is 37.9 Å². The number of H-pyrrole nitrogens is 2. The normalized spacial score (nSPS) is 18.6. The topological polar surface area (TPSA) is 177 Å². The summed E-state index contributed by atoms with van der Waals surface area (Å²) in [4.78, 5) is 48.5. The van der Waals surface area contributed by atoms with E-state index in [4.69, 9.17) is 22.6 Å². The molecule has 1 aliphatic heterocycles. The lowest BCUT2D eigenvalue weighted by atomic mass is 9.80. The molecule has 12 nitrogen and oxygen atoms in total. The summed E-state index contributed by atoms with van der Waals surface area (Å²) in [6.07, 6.45) is -2.72. The number of halogens is 4. The zero-order valence-electron chi connectivity index (χ0n) is 22.7. The lowest BCUT2D eigenvalue weighted by molar-refractivity contribution is -0.142. The Bertz CT molecular complexity index is 1580. The maximum Gasteiger partial charge on any atom is 0.435 e. The minimum absolute atomic E-state index is 0.0222. The van der Waals surface area contributed by atoms with Crippen LogP contribution in [0.15, 0.2) is 24.4 Å². The van der Waals surface area contributed by atoms with Crippen molar-refractivity contribution < 1.29 is 27.6 Å². The maximum absolute atomic E-state index is 13.4. The number of carbonyl (C=O) groups excluding carboxylic acids is 3. The zero-order valence-corrected chi connectivity index (χ0v) is 23.4. The first kappa shape index (κ1) is 30.1.